The van der Waals surface area contributed by atoms with E-state index < -0.39 is 74.2 Å². The molecular weight excluding hydrogens is 919 g/mol. The quantitative estimate of drug-likeness (QED) is 0.0215. The summed E-state index contributed by atoms with van der Waals surface area (Å²) < 4.78 is 11.1. The molecule has 9 unspecified atom stereocenters. The van der Waals surface area contributed by atoms with Gasteiger partial charge in [0.1, 0.15) is 36.6 Å². The zero-order valence-electron chi connectivity index (χ0n) is 47.6. The van der Waals surface area contributed by atoms with Crippen LogP contribution in [0, 0.1) is 0 Å². The summed E-state index contributed by atoms with van der Waals surface area (Å²) in [6, 6.07) is -1.16. The molecule has 1 fully saturated rings. The number of amides is 1. The van der Waals surface area contributed by atoms with Gasteiger partial charge in [0.25, 0.3) is 0 Å². The predicted molar refractivity (Wildman–Crippen MR) is 303 cm³/mol. The van der Waals surface area contributed by atoms with Gasteiger partial charge >= 0.3 is 0 Å². The topological polar surface area (TPSA) is 189 Å². The third-order valence-corrected chi connectivity index (χ3v) is 15.6. The van der Waals surface area contributed by atoms with Crippen LogP contribution >= 0.6 is 0 Å². The van der Waals surface area contributed by atoms with Crippen LogP contribution in [-0.2, 0) is 14.3 Å². The molecule has 0 bridgehead atoms. The van der Waals surface area contributed by atoms with E-state index in [9.17, 15) is 40.5 Å². The SMILES string of the molecule is CCCCCCCCCCCCCCCCCC/C=C\CCCCCCCCCCCCCCCCCCC(O)C(=O)NC(COC1OC(CO)C(O)C(O)C1O)C(O)C(O)CCCCCCCCCCCC. The molecule has 11 nitrogen and oxygen atoms in total. The molecule has 434 valence electrons. The normalized spacial score (nSPS) is 19.9. The minimum Gasteiger partial charge on any atom is -0.394 e. The fourth-order valence-corrected chi connectivity index (χ4v) is 10.4. The minimum absolute atomic E-state index is 0.264. The van der Waals surface area contributed by atoms with E-state index in [-0.39, 0.29) is 6.42 Å². The Labute approximate surface area is 449 Å². The van der Waals surface area contributed by atoms with Crippen molar-refractivity contribution in [3.63, 3.8) is 0 Å². The molecule has 0 aliphatic carbocycles. The highest BCUT2D eigenvalue weighted by Crippen LogP contribution is 2.24. The second kappa shape index (κ2) is 51.6. The Morgan fingerprint density at radius 1 is 0.466 bits per heavy atom. The van der Waals surface area contributed by atoms with E-state index in [1.165, 1.54) is 231 Å². The summed E-state index contributed by atoms with van der Waals surface area (Å²) in [5, 5.41) is 75.9. The monoisotopic (exact) mass is 1040 g/mol. The van der Waals surface area contributed by atoms with Crippen LogP contribution in [0.2, 0.25) is 0 Å². The average molecular weight is 1040 g/mol. The van der Waals surface area contributed by atoms with Crippen LogP contribution in [0.1, 0.15) is 309 Å². The molecule has 1 rings (SSSR count). The van der Waals surface area contributed by atoms with Crippen LogP contribution in [-0.4, -0.2) is 110 Å². The van der Waals surface area contributed by atoms with Crippen molar-refractivity contribution in [1.29, 1.82) is 0 Å². The van der Waals surface area contributed by atoms with Crippen LogP contribution in [0.3, 0.4) is 0 Å². The molecule has 11 heteroatoms. The number of hydrogen-bond acceptors (Lipinski definition) is 10. The van der Waals surface area contributed by atoms with E-state index in [2.05, 4.69) is 31.3 Å². The summed E-state index contributed by atoms with van der Waals surface area (Å²) >= 11 is 0. The Balaban J connectivity index is 2.09. The van der Waals surface area contributed by atoms with Gasteiger partial charge in [0.15, 0.2) is 6.29 Å². The number of hydrogen-bond donors (Lipinski definition) is 8. The van der Waals surface area contributed by atoms with Gasteiger partial charge in [-0.05, 0) is 38.5 Å². The van der Waals surface area contributed by atoms with Crippen molar-refractivity contribution in [3.8, 4) is 0 Å². The van der Waals surface area contributed by atoms with E-state index in [0.29, 0.717) is 19.3 Å². The van der Waals surface area contributed by atoms with Gasteiger partial charge in [-0.25, -0.2) is 0 Å². The number of unbranched alkanes of at least 4 members (excludes halogenated alkanes) is 41. The third kappa shape index (κ3) is 39.8. The van der Waals surface area contributed by atoms with Gasteiger partial charge in [0.05, 0.1) is 25.4 Å². The predicted octanol–water partition coefficient (Wildman–Crippen LogP) is 13.9. The number of carbonyl (C=O) groups excluding carboxylic acids is 1. The number of aliphatic hydroxyl groups excluding tert-OH is 7. The van der Waals surface area contributed by atoms with Gasteiger partial charge in [-0.15, -0.1) is 0 Å². The van der Waals surface area contributed by atoms with E-state index in [4.69, 9.17) is 9.47 Å². The van der Waals surface area contributed by atoms with Crippen LogP contribution in [0.15, 0.2) is 12.2 Å². The average Bonchev–Trinajstić information content (AvgIpc) is 3.39. The van der Waals surface area contributed by atoms with Gasteiger partial charge in [-0.2, -0.15) is 0 Å². The molecule has 0 saturated carbocycles. The maximum absolute atomic E-state index is 13.2. The molecule has 8 N–H and O–H groups in total. The van der Waals surface area contributed by atoms with Crippen molar-refractivity contribution in [1.82, 2.24) is 5.32 Å². The highest BCUT2D eigenvalue weighted by atomic mass is 16.7. The Bertz CT molecular complexity index is 1190. The lowest BCUT2D eigenvalue weighted by Gasteiger charge is -2.40. The smallest absolute Gasteiger partial charge is 0.249 e. The summed E-state index contributed by atoms with van der Waals surface area (Å²) in [5.74, 6) is -0.693. The molecule has 0 spiro atoms. The molecule has 0 aromatic carbocycles. The van der Waals surface area contributed by atoms with Gasteiger partial charge < -0.3 is 50.5 Å². The molecule has 1 heterocycles. The Morgan fingerprint density at radius 2 is 0.795 bits per heavy atom. The minimum atomic E-state index is -1.66. The van der Waals surface area contributed by atoms with E-state index in [1.54, 1.807) is 0 Å². The molecule has 1 aliphatic rings. The van der Waals surface area contributed by atoms with Crippen LogP contribution < -0.4 is 5.32 Å². The summed E-state index contributed by atoms with van der Waals surface area (Å²) in [6.45, 7) is 3.46. The number of allylic oxidation sites excluding steroid dienone is 2. The van der Waals surface area contributed by atoms with Gasteiger partial charge in [-0.1, -0.05) is 283 Å². The number of rotatable bonds is 55. The number of ether oxygens (including phenoxy) is 2. The fourth-order valence-electron chi connectivity index (χ4n) is 10.4. The van der Waals surface area contributed by atoms with Crippen molar-refractivity contribution in [2.24, 2.45) is 0 Å². The Morgan fingerprint density at radius 3 is 1.15 bits per heavy atom. The number of carbonyl (C=O) groups is 1. The van der Waals surface area contributed by atoms with Crippen molar-refractivity contribution >= 4 is 5.91 Å². The lowest BCUT2D eigenvalue weighted by molar-refractivity contribution is -0.303. The first kappa shape index (κ1) is 69.9. The number of nitrogens with one attached hydrogen (secondary N) is 1. The van der Waals surface area contributed by atoms with Crippen molar-refractivity contribution in [2.75, 3.05) is 13.2 Å². The standard InChI is InChI=1S/C62H121NO10/c1-3-5-7-9-11-13-15-16-17-18-19-20-21-22-23-24-25-26-27-28-29-30-31-32-33-34-35-36-37-38-39-40-42-44-46-48-50-55(66)61(71)63-53(52-72-62-60(70)59(69)58(68)56(51-64)73-62)57(67)54(65)49-47-45-43-41-14-12-10-8-6-4-2/h26-27,53-60,62,64-70H,3-25,28-52H2,1-2H3,(H,63,71)/b27-26-. The molecule has 1 saturated heterocycles. The van der Waals surface area contributed by atoms with Gasteiger partial charge in [0.2, 0.25) is 5.91 Å². The van der Waals surface area contributed by atoms with Crippen LogP contribution in [0.5, 0.6) is 0 Å². The summed E-state index contributed by atoms with van der Waals surface area (Å²) in [4.78, 5) is 13.2. The zero-order chi connectivity index (χ0) is 53.3. The first-order valence-electron chi connectivity index (χ1n) is 31.6. The summed E-state index contributed by atoms with van der Waals surface area (Å²) in [5.41, 5.74) is 0. The molecule has 1 aliphatic heterocycles. The lowest BCUT2D eigenvalue weighted by atomic mass is 9.98. The highest BCUT2D eigenvalue weighted by molar-refractivity contribution is 5.80. The van der Waals surface area contributed by atoms with E-state index >= 15 is 0 Å². The molecule has 9 atom stereocenters. The van der Waals surface area contributed by atoms with E-state index in [1.807, 2.05) is 0 Å². The Kier molecular flexibility index (Phi) is 49.4. The first-order chi connectivity index (χ1) is 35.7. The maximum atomic E-state index is 13.2. The van der Waals surface area contributed by atoms with Gasteiger partial charge in [0, 0.05) is 0 Å². The number of aliphatic hydroxyl groups is 7. The molecule has 0 aromatic heterocycles. The van der Waals surface area contributed by atoms with Crippen LogP contribution in [0.25, 0.3) is 0 Å². The second-order valence-corrected chi connectivity index (χ2v) is 22.5. The van der Waals surface area contributed by atoms with E-state index in [0.717, 1.165) is 38.5 Å². The fraction of sp³-hybridized carbons (Fsp3) is 0.952. The molecule has 0 aromatic rings. The largest absolute Gasteiger partial charge is 0.394 e. The Hall–Kier alpha value is -1.15. The van der Waals surface area contributed by atoms with Crippen molar-refractivity contribution in [3.05, 3.63) is 12.2 Å². The lowest BCUT2D eigenvalue weighted by Crippen LogP contribution is -2.60. The van der Waals surface area contributed by atoms with Crippen LogP contribution in [0.4, 0.5) is 0 Å². The zero-order valence-corrected chi connectivity index (χ0v) is 47.6. The molecular formula is C62H121NO10. The summed E-state index contributed by atoms with van der Waals surface area (Å²) in [6.07, 6.45) is 50.4. The highest BCUT2D eigenvalue weighted by Gasteiger charge is 2.44. The summed E-state index contributed by atoms with van der Waals surface area (Å²) in [7, 11) is 0. The van der Waals surface area contributed by atoms with Crippen molar-refractivity contribution < 1.29 is 50.0 Å². The molecule has 0 radical (unpaired) electrons. The third-order valence-electron chi connectivity index (χ3n) is 15.6. The maximum Gasteiger partial charge on any atom is 0.249 e. The first-order valence-corrected chi connectivity index (χ1v) is 31.6. The van der Waals surface area contributed by atoms with Crippen molar-refractivity contribution in [2.45, 2.75) is 364 Å². The molecule has 1 amide bonds. The van der Waals surface area contributed by atoms with Gasteiger partial charge in [-0.3, -0.25) is 4.79 Å². The molecule has 73 heavy (non-hydrogen) atoms. The second-order valence-electron chi connectivity index (χ2n) is 22.5.